The summed E-state index contributed by atoms with van der Waals surface area (Å²) in [6.07, 6.45) is 7.02. The molecule has 2 aliphatic carbocycles. The van der Waals surface area contributed by atoms with Crippen molar-refractivity contribution in [2.45, 2.75) is 57.6 Å². The maximum Gasteiger partial charge on any atom is 0.162 e. The summed E-state index contributed by atoms with van der Waals surface area (Å²) in [5.74, 6) is -1.22. The third-order valence-corrected chi connectivity index (χ3v) is 5.13. The number of hydrogen-bond donors (Lipinski definition) is 1. The largest absolute Gasteiger partial charge is 0.490 e. The van der Waals surface area contributed by atoms with Crippen molar-refractivity contribution in [1.29, 1.82) is 0 Å². The topological polar surface area (TPSA) is 21.3 Å². The molecule has 21 heavy (non-hydrogen) atoms. The van der Waals surface area contributed by atoms with Gasteiger partial charge in [-0.05, 0) is 37.9 Å². The standard InChI is InChI=1S/C17H23F2NO/c1-2-9-20-15-11-16(17(15)7-3-4-8-17)21-12-5-6-13(18)14(19)10-12/h5-6,10,15-16,20H,2-4,7-9,11H2,1H3. The van der Waals surface area contributed by atoms with Gasteiger partial charge in [0, 0.05) is 23.9 Å². The first-order valence-electron chi connectivity index (χ1n) is 8.01. The van der Waals surface area contributed by atoms with E-state index >= 15 is 0 Å². The summed E-state index contributed by atoms with van der Waals surface area (Å²) in [5, 5.41) is 3.62. The Hall–Kier alpha value is -1.16. The third-order valence-electron chi connectivity index (χ3n) is 5.13. The van der Waals surface area contributed by atoms with Crippen LogP contribution in [0.3, 0.4) is 0 Å². The van der Waals surface area contributed by atoms with E-state index < -0.39 is 11.6 Å². The number of benzene rings is 1. The van der Waals surface area contributed by atoms with Crippen molar-refractivity contribution in [2.24, 2.45) is 5.41 Å². The second-order valence-corrected chi connectivity index (χ2v) is 6.37. The fourth-order valence-corrected chi connectivity index (χ4v) is 3.94. The van der Waals surface area contributed by atoms with Gasteiger partial charge in [-0.1, -0.05) is 19.8 Å². The van der Waals surface area contributed by atoms with Crippen LogP contribution in [0.25, 0.3) is 0 Å². The maximum atomic E-state index is 13.3. The minimum absolute atomic E-state index is 0.124. The van der Waals surface area contributed by atoms with E-state index in [4.69, 9.17) is 4.74 Å². The molecule has 3 rings (SSSR count). The van der Waals surface area contributed by atoms with E-state index in [-0.39, 0.29) is 11.5 Å². The first-order valence-corrected chi connectivity index (χ1v) is 8.01. The van der Waals surface area contributed by atoms with Crippen LogP contribution in [0.5, 0.6) is 5.75 Å². The van der Waals surface area contributed by atoms with Crippen molar-refractivity contribution in [1.82, 2.24) is 5.32 Å². The molecule has 116 valence electrons. The summed E-state index contributed by atoms with van der Waals surface area (Å²) in [6.45, 7) is 3.20. The normalized spacial score (nSPS) is 26.8. The molecule has 0 bridgehead atoms. The lowest BCUT2D eigenvalue weighted by atomic mass is 9.60. The van der Waals surface area contributed by atoms with Crippen LogP contribution in [0, 0.1) is 17.0 Å². The fraction of sp³-hybridized carbons (Fsp3) is 0.647. The second kappa shape index (κ2) is 5.91. The zero-order chi connectivity index (χ0) is 14.9. The lowest BCUT2D eigenvalue weighted by molar-refractivity contribution is -0.0761. The predicted molar refractivity (Wildman–Crippen MR) is 78.4 cm³/mol. The molecule has 1 aromatic carbocycles. The molecule has 2 fully saturated rings. The number of rotatable bonds is 5. The second-order valence-electron chi connectivity index (χ2n) is 6.37. The van der Waals surface area contributed by atoms with Crippen LogP contribution in [0.15, 0.2) is 18.2 Å². The Morgan fingerprint density at radius 1 is 1.24 bits per heavy atom. The summed E-state index contributed by atoms with van der Waals surface area (Å²) >= 11 is 0. The molecule has 0 aromatic heterocycles. The van der Waals surface area contributed by atoms with Gasteiger partial charge in [-0.3, -0.25) is 0 Å². The van der Waals surface area contributed by atoms with Gasteiger partial charge in [0.15, 0.2) is 11.6 Å². The molecule has 0 saturated heterocycles. The van der Waals surface area contributed by atoms with E-state index in [9.17, 15) is 8.78 Å². The Balaban J connectivity index is 1.69. The molecule has 2 atom stereocenters. The highest BCUT2D eigenvalue weighted by atomic mass is 19.2. The molecule has 0 heterocycles. The average molecular weight is 295 g/mol. The van der Waals surface area contributed by atoms with Crippen LogP contribution in [0.4, 0.5) is 8.78 Å². The molecule has 2 aliphatic rings. The van der Waals surface area contributed by atoms with Crippen molar-refractivity contribution in [3.63, 3.8) is 0 Å². The Morgan fingerprint density at radius 3 is 2.67 bits per heavy atom. The van der Waals surface area contributed by atoms with Gasteiger partial charge in [0.2, 0.25) is 0 Å². The van der Waals surface area contributed by atoms with Crippen LogP contribution >= 0.6 is 0 Å². The smallest absolute Gasteiger partial charge is 0.162 e. The van der Waals surface area contributed by atoms with Gasteiger partial charge >= 0.3 is 0 Å². The first kappa shape index (κ1) is 14.8. The SMILES string of the molecule is CCCNC1CC(Oc2ccc(F)c(F)c2)C12CCCC2. The number of halogens is 2. The highest BCUT2D eigenvalue weighted by Gasteiger charge is 2.57. The van der Waals surface area contributed by atoms with Crippen molar-refractivity contribution in [3.8, 4) is 5.75 Å². The first-order chi connectivity index (χ1) is 10.2. The Kier molecular flexibility index (Phi) is 4.16. The van der Waals surface area contributed by atoms with Gasteiger partial charge < -0.3 is 10.1 Å². The minimum Gasteiger partial charge on any atom is -0.490 e. The van der Waals surface area contributed by atoms with Crippen LogP contribution in [0.1, 0.15) is 45.4 Å². The average Bonchev–Trinajstić information content (AvgIpc) is 2.98. The fourth-order valence-electron chi connectivity index (χ4n) is 3.94. The van der Waals surface area contributed by atoms with Crippen LogP contribution < -0.4 is 10.1 Å². The molecule has 2 nitrogen and oxygen atoms in total. The van der Waals surface area contributed by atoms with Gasteiger partial charge in [0.25, 0.3) is 0 Å². The van der Waals surface area contributed by atoms with Gasteiger partial charge in [-0.25, -0.2) is 8.78 Å². The molecular formula is C17H23F2NO. The van der Waals surface area contributed by atoms with Crippen LogP contribution in [-0.2, 0) is 0 Å². The Labute approximate surface area is 124 Å². The zero-order valence-corrected chi connectivity index (χ0v) is 12.5. The summed E-state index contributed by atoms with van der Waals surface area (Å²) in [4.78, 5) is 0. The predicted octanol–water partition coefficient (Wildman–Crippen LogP) is 4.04. The molecule has 4 heteroatoms. The molecule has 1 aromatic rings. The minimum atomic E-state index is -0.840. The van der Waals surface area contributed by atoms with Crippen molar-refractivity contribution < 1.29 is 13.5 Å². The van der Waals surface area contributed by atoms with E-state index in [0.29, 0.717) is 11.8 Å². The third kappa shape index (κ3) is 2.66. The van der Waals surface area contributed by atoms with E-state index in [1.54, 1.807) is 0 Å². The quantitative estimate of drug-likeness (QED) is 0.885. The molecule has 2 unspecified atom stereocenters. The molecule has 1 spiro atoms. The lowest BCUT2D eigenvalue weighted by Crippen LogP contribution is -2.63. The highest BCUT2D eigenvalue weighted by Crippen LogP contribution is 2.54. The van der Waals surface area contributed by atoms with E-state index in [1.807, 2.05) is 0 Å². The monoisotopic (exact) mass is 295 g/mol. The van der Waals surface area contributed by atoms with E-state index in [0.717, 1.165) is 31.5 Å². The van der Waals surface area contributed by atoms with Crippen molar-refractivity contribution >= 4 is 0 Å². The Morgan fingerprint density at radius 2 is 2.00 bits per heavy atom. The number of hydrogen-bond acceptors (Lipinski definition) is 2. The van der Waals surface area contributed by atoms with E-state index in [1.165, 1.54) is 31.7 Å². The molecule has 0 aliphatic heterocycles. The van der Waals surface area contributed by atoms with Crippen molar-refractivity contribution in [2.75, 3.05) is 6.54 Å². The van der Waals surface area contributed by atoms with Gasteiger partial charge in [-0.2, -0.15) is 0 Å². The summed E-state index contributed by atoms with van der Waals surface area (Å²) in [7, 11) is 0. The lowest BCUT2D eigenvalue weighted by Gasteiger charge is -2.54. The van der Waals surface area contributed by atoms with Crippen molar-refractivity contribution in [3.05, 3.63) is 29.8 Å². The number of nitrogens with one attached hydrogen (secondary N) is 1. The summed E-state index contributed by atoms with van der Waals surface area (Å²) in [6, 6.07) is 4.33. The molecular weight excluding hydrogens is 272 g/mol. The van der Waals surface area contributed by atoms with Gasteiger partial charge in [0.05, 0.1) is 0 Å². The zero-order valence-electron chi connectivity index (χ0n) is 12.5. The van der Waals surface area contributed by atoms with Gasteiger partial charge in [0.1, 0.15) is 11.9 Å². The maximum absolute atomic E-state index is 13.3. The summed E-state index contributed by atoms with van der Waals surface area (Å²) in [5.41, 5.74) is 0.194. The van der Waals surface area contributed by atoms with E-state index in [2.05, 4.69) is 12.2 Å². The molecule has 2 saturated carbocycles. The van der Waals surface area contributed by atoms with Gasteiger partial charge in [-0.15, -0.1) is 0 Å². The summed E-state index contributed by atoms with van der Waals surface area (Å²) < 4.78 is 32.3. The highest BCUT2D eigenvalue weighted by molar-refractivity contribution is 5.25. The Bertz CT molecular complexity index is 500. The van der Waals surface area contributed by atoms with Crippen LogP contribution in [0.2, 0.25) is 0 Å². The molecule has 0 radical (unpaired) electrons. The molecule has 0 amide bonds. The van der Waals surface area contributed by atoms with Crippen LogP contribution in [-0.4, -0.2) is 18.7 Å². The number of ether oxygens (including phenoxy) is 1. The molecule has 1 N–H and O–H groups in total.